The molecule has 4 nitrogen and oxygen atoms in total. The molecular formula is C12H14FNO3S2. The van der Waals surface area contributed by atoms with Gasteiger partial charge in [0.1, 0.15) is 11.9 Å². The predicted octanol–water partition coefficient (Wildman–Crippen LogP) is 1.85. The summed E-state index contributed by atoms with van der Waals surface area (Å²) < 4.78 is 12.7. The van der Waals surface area contributed by atoms with Gasteiger partial charge in [0.25, 0.3) is 0 Å². The lowest BCUT2D eigenvalue weighted by atomic mass is 10.3. The summed E-state index contributed by atoms with van der Waals surface area (Å²) in [5.41, 5.74) is 0. The fourth-order valence-corrected chi connectivity index (χ4v) is 3.23. The Hall–Kier alpha value is -1.21. The smallest absolute Gasteiger partial charge is 0.327 e. The van der Waals surface area contributed by atoms with Crippen molar-refractivity contribution in [3.05, 3.63) is 30.1 Å². The third kappa shape index (κ3) is 6.49. The molecule has 1 aromatic rings. The molecule has 0 heterocycles. The summed E-state index contributed by atoms with van der Waals surface area (Å²) >= 11 is 3.03. The Morgan fingerprint density at radius 1 is 1.37 bits per heavy atom. The molecular weight excluding hydrogens is 289 g/mol. The second-order valence-corrected chi connectivity index (χ2v) is 5.87. The van der Waals surface area contributed by atoms with Gasteiger partial charge in [0.05, 0.1) is 0 Å². The van der Waals surface area contributed by atoms with Gasteiger partial charge < -0.3 is 10.4 Å². The Bertz CT molecular complexity index is 414. The van der Waals surface area contributed by atoms with Crippen LogP contribution in [0.2, 0.25) is 0 Å². The predicted molar refractivity (Wildman–Crippen MR) is 75.1 cm³/mol. The number of thioether (sulfide) groups is 2. The number of carboxylic acids is 1. The highest BCUT2D eigenvalue weighted by molar-refractivity contribution is 8.03. The van der Waals surface area contributed by atoms with E-state index in [9.17, 15) is 14.0 Å². The van der Waals surface area contributed by atoms with E-state index in [0.29, 0.717) is 12.2 Å². The van der Waals surface area contributed by atoms with Crippen molar-refractivity contribution in [1.82, 2.24) is 5.32 Å². The van der Waals surface area contributed by atoms with Crippen LogP contribution in [0, 0.1) is 5.82 Å². The Balaban J connectivity index is 2.18. The zero-order chi connectivity index (χ0) is 14.1. The molecule has 7 heteroatoms. The van der Waals surface area contributed by atoms with Crippen molar-refractivity contribution in [3.63, 3.8) is 0 Å². The molecule has 2 N–H and O–H groups in total. The molecule has 0 fully saturated rings. The summed E-state index contributed by atoms with van der Waals surface area (Å²) in [6.07, 6.45) is 0.395. The van der Waals surface area contributed by atoms with E-state index >= 15 is 0 Å². The average molecular weight is 303 g/mol. The van der Waals surface area contributed by atoms with Crippen LogP contribution < -0.4 is 5.32 Å². The molecule has 0 radical (unpaired) electrons. The van der Waals surface area contributed by atoms with Crippen LogP contribution in [0.15, 0.2) is 29.2 Å². The maximum absolute atomic E-state index is 12.7. The summed E-state index contributed by atoms with van der Waals surface area (Å²) in [7, 11) is 0. The van der Waals surface area contributed by atoms with Crippen LogP contribution in [0.1, 0.15) is 0 Å². The second kappa shape index (κ2) is 8.82. The molecule has 0 aliphatic carbocycles. The van der Waals surface area contributed by atoms with E-state index in [1.807, 2.05) is 0 Å². The van der Waals surface area contributed by atoms with Crippen molar-refractivity contribution in [1.29, 1.82) is 0 Å². The Labute approximate surface area is 119 Å². The van der Waals surface area contributed by atoms with Gasteiger partial charge in [0.2, 0.25) is 6.41 Å². The standard InChI is InChI=1S/C12H14FNO3S2/c13-9-1-3-10(4-2-9)19-6-5-18-7-11(12(16)17)14-8-15/h1-4,8,11H,5-7H2,(H,14,15)(H,16,17). The van der Waals surface area contributed by atoms with E-state index in [2.05, 4.69) is 5.32 Å². The van der Waals surface area contributed by atoms with Crippen LogP contribution in [0.3, 0.4) is 0 Å². The highest BCUT2D eigenvalue weighted by Crippen LogP contribution is 2.19. The fourth-order valence-electron chi connectivity index (χ4n) is 1.22. The van der Waals surface area contributed by atoms with Gasteiger partial charge in [0.15, 0.2) is 0 Å². The third-order valence-corrected chi connectivity index (χ3v) is 4.50. The average Bonchev–Trinajstić information content (AvgIpc) is 2.39. The molecule has 0 aliphatic rings. The quantitative estimate of drug-likeness (QED) is 0.414. The SMILES string of the molecule is O=CNC(CSCCSc1ccc(F)cc1)C(=O)O. The molecule has 104 valence electrons. The van der Waals surface area contributed by atoms with Crippen molar-refractivity contribution in [3.8, 4) is 0 Å². The first-order valence-electron chi connectivity index (χ1n) is 5.52. The maximum atomic E-state index is 12.7. The van der Waals surface area contributed by atoms with Gasteiger partial charge in [-0.05, 0) is 24.3 Å². The van der Waals surface area contributed by atoms with Gasteiger partial charge in [0, 0.05) is 22.2 Å². The van der Waals surface area contributed by atoms with E-state index in [1.54, 1.807) is 23.9 Å². The maximum Gasteiger partial charge on any atom is 0.327 e. The lowest BCUT2D eigenvalue weighted by molar-refractivity contribution is -0.139. The number of amides is 1. The molecule has 0 saturated carbocycles. The zero-order valence-corrected chi connectivity index (χ0v) is 11.7. The Morgan fingerprint density at radius 3 is 2.63 bits per heavy atom. The number of rotatable bonds is 9. The topological polar surface area (TPSA) is 66.4 Å². The van der Waals surface area contributed by atoms with Crippen molar-refractivity contribution in [2.45, 2.75) is 10.9 Å². The lowest BCUT2D eigenvalue weighted by Crippen LogP contribution is -2.37. The zero-order valence-electron chi connectivity index (χ0n) is 10.0. The number of nitrogens with one attached hydrogen (secondary N) is 1. The number of benzene rings is 1. The van der Waals surface area contributed by atoms with Gasteiger partial charge in [-0.15, -0.1) is 11.8 Å². The van der Waals surface area contributed by atoms with Gasteiger partial charge in [-0.2, -0.15) is 11.8 Å². The van der Waals surface area contributed by atoms with Crippen LogP contribution in [0.4, 0.5) is 4.39 Å². The lowest BCUT2D eigenvalue weighted by Gasteiger charge is -2.10. The molecule has 0 spiro atoms. The van der Waals surface area contributed by atoms with E-state index in [1.165, 1.54) is 23.9 Å². The summed E-state index contributed by atoms with van der Waals surface area (Å²) in [6.45, 7) is 0. The first kappa shape index (κ1) is 15.8. The monoisotopic (exact) mass is 303 g/mol. The molecule has 0 aromatic heterocycles. The van der Waals surface area contributed by atoms with Crippen molar-refractivity contribution >= 4 is 35.9 Å². The number of carbonyl (C=O) groups excluding carboxylic acids is 1. The number of aliphatic carboxylic acids is 1. The van der Waals surface area contributed by atoms with E-state index < -0.39 is 12.0 Å². The van der Waals surface area contributed by atoms with Gasteiger partial charge in [-0.1, -0.05) is 0 Å². The number of hydrogen-bond donors (Lipinski definition) is 2. The van der Waals surface area contributed by atoms with E-state index in [0.717, 1.165) is 16.4 Å². The number of halogens is 1. The molecule has 1 aromatic carbocycles. The summed E-state index contributed by atoms with van der Waals surface area (Å²) in [5.74, 6) is 0.586. The minimum atomic E-state index is -1.04. The summed E-state index contributed by atoms with van der Waals surface area (Å²) in [4.78, 5) is 21.9. The van der Waals surface area contributed by atoms with Gasteiger partial charge >= 0.3 is 5.97 Å². The van der Waals surface area contributed by atoms with Crippen LogP contribution in [-0.4, -0.2) is 40.8 Å². The Morgan fingerprint density at radius 2 is 2.05 bits per heavy atom. The van der Waals surface area contributed by atoms with Crippen LogP contribution in [0.25, 0.3) is 0 Å². The largest absolute Gasteiger partial charge is 0.480 e. The second-order valence-electron chi connectivity index (χ2n) is 3.55. The molecule has 0 bridgehead atoms. The molecule has 1 atom stereocenters. The van der Waals surface area contributed by atoms with Gasteiger partial charge in [-0.3, -0.25) is 4.79 Å². The van der Waals surface area contributed by atoms with Crippen LogP contribution >= 0.6 is 23.5 Å². The minimum Gasteiger partial charge on any atom is -0.480 e. The molecule has 1 rings (SSSR count). The molecule has 0 saturated heterocycles. The number of carboxylic acid groups (broad SMARTS) is 1. The molecule has 0 aliphatic heterocycles. The van der Waals surface area contributed by atoms with Crippen LogP contribution in [-0.2, 0) is 9.59 Å². The number of hydrogen-bond acceptors (Lipinski definition) is 4. The first-order valence-corrected chi connectivity index (χ1v) is 7.66. The van der Waals surface area contributed by atoms with E-state index in [-0.39, 0.29) is 5.82 Å². The molecule has 1 amide bonds. The van der Waals surface area contributed by atoms with Gasteiger partial charge in [-0.25, -0.2) is 9.18 Å². The normalized spacial score (nSPS) is 11.8. The first-order chi connectivity index (χ1) is 9.13. The summed E-state index contributed by atoms with van der Waals surface area (Å²) in [6, 6.07) is 5.38. The molecule has 19 heavy (non-hydrogen) atoms. The highest BCUT2D eigenvalue weighted by Gasteiger charge is 2.15. The highest BCUT2D eigenvalue weighted by atomic mass is 32.2. The van der Waals surface area contributed by atoms with Crippen molar-refractivity contribution in [2.24, 2.45) is 0 Å². The molecule has 1 unspecified atom stereocenters. The Kier molecular flexibility index (Phi) is 7.35. The summed E-state index contributed by atoms with van der Waals surface area (Å²) in [5, 5.41) is 11.0. The minimum absolute atomic E-state index is 0.261. The van der Waals surface area contributed by atoms with Crippen molar-refractivity contribution in [2.75, 3.05) is 17.3 Å². The van der Waals surface area contributed by atoms with E-state index in [4.69, 9.17) is 5.11 Å². The van der Waals surface area contributed by atoms with Crippen LogP contribution in [0.5, 0.6) is 0 Å². The third-order valence-electron chi connectivity index (χ3n) is 2.16. The van der Waals surface area contributed by atoms with Crippen molar-refractivity contribution < 1.29 is 19.1 Å². The number of carbonyl (C=O) groups is 2. The fraction of sp³-hybridized carbons (Fsp3) is 0.333.